The Morgan fingerprint density at radius 3 is 2.52 bits per heavy atom. The summed E-state index contributed by atoms with van der Waals surface area (Å²) in [4.78, 5) is 0. The summed E-state index contributed by atoms with van der Waals surface area (Å²) in [6.07, 6.45) is 0. The van der Waals surface area contributed by atoms with Crippen LogP contribution in [0.4, 0.5) is 15.8 Å². The number of nitrogens with two attached hydrogens (primary N) is 1. The molecule has 21 heavy (non-hydrogen) atoms. The molecule has 5 N–H and O–H groups in total. The van der Waals surface area contributed by atoms with Crippen LogP contribution in [0, 0.1) is 5.82 Å². The number of benzene rings is 2. The molecule has 0 bridgehead atoms. The van der Waals surface area contributed by atoms with E-state index in [4.69, 9.17) is 5.14 Å². The Morgan fingerprint density at radius 2 is 1.86 bits per heavy atom. The van der Waals surface area contributed by atoms with Crippen LogP contribution in [0.25, 0.3) is 0 Å². The number of halogens is 1. The normalized spacial score (nSPS) is 11.1. The molecule has 0 aliphatic heterocycles. The van der Waals surface area contributed by atoms with Gasteiger partial charge in [0.25, 0.3) is 10.2 Å². The molecule has 6 nitrogen and oxygen atoms in total. The first kappa shape index (κ1) is 15.1. The molecule has 112 valence electrons. The maximum absolute atomic E-state index is 13.1. The lowest BCUT2D eigenvalue weighted by Gasteiger charge is -2.09. The molecular formula is C13H14FN3O3S. The summed E-state index contributed by atoms with van der Waals surface area (Å²) in [5.41, 5.74) is 1.48. The van der Waals surface area contributed by atoms with Gasteiger partial charge in [-0.15, -0.1) is 0 Å². The van der Waals surface area contributed by atoms with Crippen molar-refractivity contribution in [2.75, 3.05) is 10.0 Å². The molecular weight excluding hydrogens is 297 g/mol. The molecule has 0 radical (unpaired) electrons. The predicted octanol–water partition coefficient (Wildman–Crippen LogP) is 1.76. The van der Waals surface area contributed by atoms with Crippen molar-refractivity contribution in [1.82, 2.24) is 0 Å². The van der Waals surface area contributed by atoms with Crippen molar-refractivity contribution in [2.24, 2.45) is 5.14 Å². The van der Waals surface area contributed by atoms with Crippen LogP contribution in [-0.2, 0) is 16.8 Å². The Kier molecular flexibility index (Phi) is 4.29. The molecule has 2 rings (SSSR count). The zero-order valence-corrected chi connectivity index (χ0v) is 11.7. The van der Waals surface area contributed by atoms with Crippen molar-refractivity contribution in [2.45, 2.75) is 6.54 Å². The number of nitrogens with one attached hydrogen (secondary N) is 2. The second kappa shape index (κ2) is 5.98. The quantitative estimate of drug-likeness (QED) is 0.675. The van der Waals surface area contributed by atoms with Gasteiger partial charge in [-0.2, -0.15) is 8.42 Å². The van der Waals surface area contributed by atoms with E-state index in [0.29, 0.717) is 16.9 Å². The Balaban J connectivity index is 2.08. The lowest BCUT2D eigenvalue weighted by Crippen LogP contribution is -2.21. The second-order valence-corrected chi connectivity index (χ2v) is 5.69. The fourth-order valence-electron chi connectivity index (χ4n) is 1.80. The summed E-state index contributed by atoms with van der Waals surface area (Å²) in [7, 11) is -3.83. The third-order valence-corrected chi connectivity index (χ3v) is 3.08. The van der Waals surface area contributed by atoms with Crippen LogP contribution in [-0.4, -0.2) is 13.5 Å². The van der Waals surface area contributed by atoms with Gasteiger partial charge in [0.1, 0.15) is 11.6 Å². The van der Waals surface area contributed by atoms with Crippen LogP contribution >= 0.6 is 0 Å². The maximum atomic E-state index is 13.1. The predicted molar refractivity (Wildman–Crippen MR) is 78.6 cm³/mol. The maximum Gasteiger partial charge on any atom is 0.296 e. The first-order valence-corrected chi connectivity index (χ1v) is 7.49. The van der Waals surface area contributed by atoms with E-state index in [1.807, 2.05) is 0 Å². The number of phenolic OH excluding ortho intramolecular Hbond substituents is 1. The lowest BCUT2D eigenvalue weighted by atomic mass is 10.2. The van der Waals surface area contributed by atoms with Gasteiger partial charge in [0.2, 0.25) is 0 Å². The molecule has 2 aromatic carbocycles. The van der Waals surface area contributed by atoms with Crippen LogP contribution in [0.3, 0.4) is 0 Å². The number of anilines is 2. The monoisotopic (exact) mass is 311 g/mol. The van der Waals surface area contributed by atoms with E-state index in [1.54, 1.807) is 24.3 Å². The fraction of sp³-hybridized carbons (Fsp3) is 0.0769. The Bertz CT molecular complexity index is 730. The highest BCUT2D eigenvalue weighted by Crippen LogP contribution is 2.18. The van der Waals surface area contributed by atoms with Gasteiger partial charge in [-0.25, -0.2) is 9.53 Å². The second-order valence-electron chi connectivity index (χ2n) is 4.40. The van der Waals surface area contributed by atoms with Crippen molar-refractivity contribution in [3.8, 4) is 5.75 Å². The van der Waals surface area contributed by atoms with Crippen LogP contribution in [0.15, 0.2) is 42.5 Å². The Labute approximate surface area is 121 Å². The molecule has 0 heterocycles. The van der Waals surface area contributed by atoms with Crippen molar-refractivity contribution in [1.29, 1.82) is 0 Å². The van der Waals surface area contributed by atoms with Gasteiger partial charge in [-0.1, -0.05) is 6.07 Å². The summed E-state index contributed by atoms with van der Waals surface area (Å²) in [5.74, 6) is -0.687. The summed E-state index contributed by atoms with van der Waals surface area (Å²) in [6, 6.07) is 10.2. The van der Waals surface area contributed by atoms with Crippen LogP contribution < -0.4 is 15.2 Å². The van der Waals surface area contributed by atoms with Gasteiger partial charge in [0.15, 0.2) is 0 Å². The number of rotatable bonds is 5. The van der Waals surface area contributed by atoms with E-state index in [2.05, 4.69) is 10.0 Å². The molecule has 2 aromatic rings. The van der Waals surface area contributed by atoms with Crippen LogP contribution in [0.2, 0.25) is 0 Å². The highest BCUT2D eigenvalue weighted by molar-refractivity contribution is 7.90. The molecule has 0 atom stereocenters. The van der Waals surface area contributed by atoms with Crippen LogP contribution in [0.1, 0.15) is 5.56 Å². The highest BCUT2D eigenvalue weighted by atomic mass is 32.2. The topological polar surface area (TPSA) is 104 Å². The minimum Gasteiger partial charge on any atom is -0.508 e. The van der Waals surface area contributed by atoms with E-state index >= 15 is 0 Å². The summed E-state index contributed by atoms with van der Waals surface area (Å²) >= 11 is 0. The highest BCUT2D eigenvalue weighted by Gasteiger charge is 2.04. The standard InChI is InChI=1S/C13H14FN3O3S/c14-10-4-9(5-13(18)6-10)8-16-11-2-1-3-12(7-11)17-21(15,19)20/h1-7,16-18H,8H2,(H2,15,19,20). The molecule has 0 aliphatic carbocycles. The minimum atomic E-state index is -3.83. The number of aromatic hydroxyl groups is 1. The van der Waals surface area contributed by atoms with E-state index in [-0.39, 0.29) is 12.3 Å². The molecule has 0 saturated heterocycles. The third kappa shape index (κ3) is 4.93. The molecule has 0 unspecified atom stereocenters. The van der Waals surface area contributed by atoms with Gasteiger partial charge in [0.05, 0.1) is 5.69 Å². The zero-order valence-electron chi connectivity index (χ0n) is 10.9. The first-order chi connectivity index (χ1) is 9.82. The smallest absolute Gasteiger partial charge is 0.296 e. The number of hydrogen-bond acceptors (Lipinski definition) is 4. The van der Waals surface area contributed by atoms with E-state index in [1.165, 1.54) is 12.1 Å². The van der Waals surface area contributed by atoms with Gasteiger partial charge < -0.3 is 10.4 Å². The third-order valence-electron chi connectivity index (χ3n) is 2.56. The van der Waals surface area contributed by atoms with Crippen molar-refractivity contribution < 1.29 is 17.9 Å². The van der Waals surface area contributed by atoms with Gasteiger partial charge in [-0.3, -0.25) is 4.72 Å². The average molecular weight is 311 g/mol. The minimum absolute atomic E-state index is 0.156. The molecule has 0 aromatic heterocycles. The SMILES string of the molecule is NS(=O)(=O)Nc1cccc(NCc2cc(O)cc(F)c2)c1. The molecule has 8 heteroatoms. The molecule has 0 fully saturated rings. The van der Waals surface area contributed by atoms with E-state index in [0.717, 1.165) is 6.07 Å². The van der Waals surface area contributed by atoms with E-state index < -0.39 is 16.0 Å². The van der Waals surface area contributed by atoms with Crippen molar-refractivity contribution >= 4 is 21.6 Å². The average Bonchev–Trinajstić information content (AvgIpc) is 2.33. The first-order valence-electron chi connectivity index (χ1n) is 5.95. The van der Waals surface area contributed by atoms with E-state index in [9.17, 15) is 17.9 Å². The van der Waals surface area contributed by atoms with Gasteiger partial charge >= 0.3 is 0 Å². The van der Waals surface area contributed by atoms with Crippen molar-refractivity contribution in [3.05, 3.63) is 53.8 Å². The molecule has 0 spiro atoms. The lowest BCUT2D eigenvalue weighted by molar-refractivity contribution is 0.468. The fourth-order valence-corrected chi connectivity index (χ4v) is 2.25. The number of hydrogen-bond donors (Lipinski definition) is 4. The summed E-state index contributed by atoms with van der Waals surface area (Å²) in [6.45, 7) is 0.268. The molecule has 0 aliphatic rings. The largest absolute Gasteiger partial charge is 0.508 e. The van der Waals surface area contributed by atoms with Crippen molar-refractivity contribution in [3.63, 3.8) is 0 Å². The summed E-state index contributed by atoms with van der Waals surface area (Å²) in [5, 5.41) is 17.2. The Hall–Kier alpha value is -2.32. The van der Waals surface area contributed by atoms with Gasteiger partial charge in [-0.05, 0) is 35.9 Å². The van der Waals surface area contributed by atoms with Crippen LogP contribution in [0.5, 0.6) is 5.75 Å². The molecule has 0 amide bonds. The van der Waals surface area contributed by atoms with Gasteiger partial charge in [0, 0.05) is 18.3 Å². The zero-order chi connectivity index (χ0) is 15.5. The Morgan fingerprint density at radius 1 is 1.14 bits per heavy atom. The molecule has 0 saturated carbocycles. The summed E-state index contributed by atoms with van der Waals surface area (Å²) < 4.78 is 37.2. The number of phenols is 1.